The number of aromatic nitrogens is 2. The minimum atomic E-state index is -0.633. The molecule has 0 saturated heterocycles. The number of rotatable bonds is 9. The highest BCUT2D eigenvalue weighted by Gasteiger charge is 2.27. The number of anilines is 1. The molecule has 2 rings (SSSR count). The Kier molecular flexibility index (Phi) is 8.81. The fourth-order valence-electron chi connectivity index (χ4n) is 2.81. The van der Waals surface area contributed by atoms with Gasteiger partial charge in [0.1, 0.15) is 9.88 Å². The van der Waals surface area contributed by atoms with E-state index < -0.39 is 17.8 Å². The van der Waals surface area contributed by atoms with Crippen molar-refractivity contribution in [3.8, 4) is 0 Å². The lowest BCUT2D eigenvalue weighted by Crippen LogP contribution is -2.19. The van der Waals surface area contributed by atoms with Crippen LogP contribution in [0.4, 0.5) is 5.00 Å². The molecule has 11 heteroatoms. The monoisotopic (exact) mass is 467 g/mol. The molecule has 0 aliphatic carbocycles. The summed E-state index contributed by atoms with van der Waals surface area (Å²) >= 11 is 2.02. The number of hydrogen-bond acceptors (Lipinski definition) is 9. The summed E-state index contributed by atoms with van der Waals surface area (Å²) < 4.78 is 10.1. The Hall–Kier alpha value is -2.66. The van der Waals surface area contributed by atoms with Gasteiger partial charge in [-0.25, -0.2) is 14.6 Å². The average Bonchev–Trinajstić information content (AvgIpc) is 3.02. The van der Waals surface area contributed by atoms with Crippen molar-refractivity contribution in [3.05, 3.63) is 37.6 Å². The molecule has 1 amide bonds. The number of carbonyl (C=O) groups is 3. The topological polar surface area (TPSA) is 127 Å². The molecule has 0 saturated carbocycles. The normalized spacial score (nSPS) is 10.6. The number of aryl methyl sites for hydroxylation is 1. The van der Waals surface area contributed by atoms with Crippen molar-refractivity contribution in [2.24, 2.45) is 0 Å². The van der Waals surface area contributed by atoms with Gasteiger partial charge in [-0.05, 0) is 39.7 Å². The van der Waals surface area contributed by atoms with Gasteiger partial charge in [-0.15, -0.1) is 11.3 Å². The van der Waals surface area contributed by atoms with Gasteiger partial charge in [-0.2, -0.15) is 0 Å². The molecular formula is C20H25N3O6S2. The van der Waals surface area contributed by atoms with Crippen molar-refractivity contribution in [1.29, 1.82) is 0 Å². The first-order valence-corrected chi connectivity index (χ1v) is 11.5. The molecule has 0 bridgehead atoms. The first kappa shape index (κ1) is 24.6. The van der Waals surface area contributed by atoms with E-state index >= 15 is 0 Å². The van der Waals surface area contributed by atoms with E-state index in [-0.39, 0.29) is 40.0 Å². The first-order valence-electron chi connectivity index (χ1n) is 9.73. The van der Waals surface area contributed by atoms with Crippen LogP contribution in [0, 0.1) is 13.8 Å². The van der Waals surface area contributed by atoms with E-state index in [1.165, 1.54) is 0 Å². The van der Waals surface area contributed by atoms with Crippen molar-refractivity contribution in [2.45, 2.75) is 46.2 Å². The van der Waals surface area contributed by atoms with Crippen LogP contribution in [0.1, 0.15) is 57.6 Å². The molecule has 0 radical (unpaired) electrons. The molecule has 31 heavy (non-hydrogen) atoms. The van der Waals surface area contributed by atoms with Crippen LogP contribution < -0.4 is 10.9 Å². The Labute approximate surface area is 187 Å². The highest BCUT2D eigenvalue weighted by atomic mass is 32.2. The van der Waals surface area contributed by atoms with Crippen LogP contribution in [0.2, 0.25) is 0 Å². The van der Waals surface area contributed by atoms with Crippen LogP contribution in [-0.4, -0.2) is 46.8 Å². The fourth-order valence-corrected chi connectivity index (χ4v) is 4.62. The lowest BCUT2D eigenvalue weighted by atomic mass is 10.1. The van der Waals surface area contributed by atoms with Crippen molar-refractivity contribution >= 4 is 45.9 Å². The second kappa shape index (κ2) is 11.1. The Morgan fingerprint density at radius 2 is 1.74 bits per heavy atom. The molecule has 2 aromatic rings. The summed E-state index contributed by atoms with van der Waals surface area (Å²) in [5, 5.41) is 3.20. The van der Waals surface area contributed by atoms with Crippen molar-refractivity contribution < 1.29 is 23.9 Å². The van der Waals surface area contributed by atoms with Crippen molar-refractivity contribution in [3.63, 3.8) is 0 Å². The van der Waals surface area contributed by atoms with E-state index in [0.29, 0.717) is 28.4 Å². The number of hydrogen-bond donors (Lipinski definition) is 2. The molecule has 2 N–H and O–H groups in total. The number of aromatic amines is 1. The highest BCUT2D eigenvalue weighted by molar-refractivity contribution is 7.99. The van der Waals surface area contributed by atoms with Gasteiger partial charge in [0.2, 0.25) is 5.91 Å². The second-order valence-corrected chi connectivity index (χ2v) is 8.31. The molecule has 0 aliphatic rings. The maximum atomic E-state index is 12.5. The number of thioether (sulfide) groups is 1. The van der Waals surface area contributed by atoms with Crippen LogP contribution >= 0.6 is 23.1 Å². The maximum Gasteiger partial charge on any atom is 0.348 e. The number of nitrogens with zero attached hydrogens (tertiary/aromatic N) is 1. The van der Waals surface area contributed by atoms with Gasteiger partial charge in [0.25, 0.3) is 5.56 Å². The summed E-state index contributed by atoms with van der Waals surface area (Å²) in [5.74, 6) is -1.68. The molecule has 0 atom stereocenters. The van der Waals surface area contributed by atoms with Gasteiger partial charge < -0.3 is 19.8 Å². The number of esters is 2. The van der Waals surface area contributed by atoms with Gasteiger partial charge in [-0.3, -0.25) is 9.59 Å². The van der Waals surface area contributed by atoms with E-state index in [4.69, 9.17) is 9.47 Å². The third-order valence-corrected chi connectivity index (χ3v) is 6.29. The van der Waals surface area contributed by atoms with Gasteiger partial charge in [-0.1, -0.05) is 18.7 Å². The lowest BCUT2D eigenvalue weighted by Gasteiger charge is -2.08. The van der Waals surface area contributed by atoms with E-state index in [2.05, 4.69) is 15.3 Å². The summed E-state index contributed by atoms with van der Waals surface area (Å²) in [7, 11) is 0. The van der Waals surface area contributed by atoms with E-state index in [1.54, 1.807) is 27.7 Å². The summed E-state index contributed by atoms with van der Waals surface area (Å²) in [5.41, 5.74) is 1.51. The molecule has 0 aromatic carbocycles. The number of amides is 1. The smallest absolute Gasteiger partial charge is 0.348 e. The first-order chi connectivity index (χ1) is 14.7. The molecular weight excluding hydrogens is 442 g/mol. The summed E-state index contributed by atoms with van der Waals surface area (Å²) in [6, 6.07) is 0. The van der Waals surface area contributed by atoms with E-state index in [1.807, 2.05) is 6.92 Å². The minimum Gasteiger partial charge on any atom is -0.462 e. The zero-order chi connectivity index (χ0) is 23.1. The summed E-state index contributed by atoms with van der Waals surface area (Å²) in [6.45, 7) is 8.90. The fraction of sp³-hybridized carbons (Fsp3) is 0.450. The summed E-state index contributed by atoms with van der Waals surface area (Å²) in [6.07, 6.45) is 0.566. The van der Waals surface area contributed by atoms with Gasteiger partial charge in [0.05, 0.1) is 24.5 Å². The molecule has 0 aliphatic heterocycles. The molecule has 2 aromatic heterocycles. The average molecular weight is 468 g/mol. The Morgan fingerprint density at radius 3 is 2.32 bits per heavy atom. The Bertz CT molecular complexity index is 1040. The highest BCUT2D eigenvalue weighted by Crippen LogP contribution is 2.34. The maximum absolute atomic E-state index is 12.5. The van der Waals surface area contributed by atoms with Crippen LogP contribution in [0.15, 0.2) is 9.95 Å². The van der Waals surface area contributed by atoms with Crippen LogP contribution in [0.5, 0.6) is 0 Å². The molecule has 0 fully saturated rings. The molecule has 0 spiro atoms. The Balaban J connectivity index is 2.21. The number of ether oxygens (including phenoxy) is 2. The minimum absolute atomic E-state index is 0.0538. The SMILES string of the molecule is CCOC(=O)c1sc(NC(=O)CSc2nc(C)c(CC)c(=O)[nH]2)c(C(=O)OCC)c1C. The van der Waals surface area contributed by atoms with Crippen LogP contribution in [0.25, 0.3) is 0 Å². The second-order valence-electron chi connectivity index (χ2n) is 6.33. The standard InChI is InChI=1S/C20H25N3O6S2/c1-6-12-11(5)21-20(23-16(12)25)30-9-13(24)22-17-14(18(26)28-7-2)10(4)15(31-17)19(27)29-8-3/h6-9H2,1-5H3,(H,22,24)(H,21,23,25). The number of thiophene rings is 1. The third-order valence-electron chi connectivity index (χ3n) is 4.23. The summed E-state index contributed by atoms with van der Waals surface area (Å²) in [4.78, 5) is 56.4. The number of H-pyrrole nitrogens is 1. The van der Waals surface area contributed by atoms with E-state index in [9.17, 15) is 19.2 Å². The van der Waals surface area contributed by atoms with Crippen molar-refractivity contribution in [2.75, 3.05) is 24.3 Å². The predicted octanol–water partition coefficient (Wildman–Crippen LogP) is 3.09. The largest absolute Gasteiger partial charge is 0.462 e. The van der Waals surface area contributed by atoms with E-state index in [0.717, 1.165) is 23.1 Å². The van der Waals surface area contributed by atoms with Gasteiger partial charge in [0, 0.05) is 11.3 Å². The number of nitrogens with one attached hydrogen (secondary N) is 2. The zero-order valence-electron chi connectivity index (χ0n) is 18.0. The molecule has 2 heterocycles. The third kappa shape index (κ3) is 5.95. The molecule has 168 valence electrons. The molecule has 9 nitrogen and oxygen atoms in total. The molecule has 0 unspecified atom stereocenters. The van der Waals surface area contributed by atoms with Crippen molar-refractivity contribution in [1.82, 2.24) is 9.97 Å². The van der Waals surface area contributed by atoms with Gasteiger partial charge in [0.15, 0.2) is 5.16 Å². The zero-order valence-corrected chi connectivity index (χ0v) is 19.7. The van der Waals surface area contributed by atoms with Gasteiger partial charge >= 0.3 is 11.9 Å². The quantitative estimate of drug-likeness (QED) is 0.327. The Morgan fingerprint density at radius 1 is 1.10 bits per heavy atom. The van der Waals surface area contributed by atoms with Crippen LogP contribution in [-0.2, 0) is 20.7 Å². The lowest BCUT2D eigenvalue weighted by molar-refractivity contribution is -0.113. The van der Waals surface area contributed by atoms with Crippen LogP contribution in [0.3, 0.4) is 0 Å². The number of carbonyl (C=O) groups excluding carboxylic acids is 3. The predicted molar refractivity (Wildman–Crippen MR) is 119 cm³/mol.